The topological polar surface area (TPSA) is 112 Å². The minimum atomic E-state index is -0.492. The highest BCUT2D eigenvalue weighted by Crippen LogP contribution is 2.18. The number of aromatic nitrogens is 3. The van der Waals surface area contributed by atoms with Gasteiger partial charge < -0.3 is 20.5 Å². The van der Waals surface area contributed by atoms with Crippen molar-refractivity contribution in [2.75, 3.05) is 17.7 Å². The molecule has 2 aromatic rings. The number of esters is 1. The summed E-state index contributed by atoms with van der Waals surface area (Å²) in [7, 11) is 0. The van der Waals surface area contributed by atoms with E-state index in [0.717, 1.165) is 17.7 Å². The highest BCUT2D eigenvalue weighted by molar-refractivity contribution is 5.74. The number of benzene rings is 1. The number of anilines is 3. The summed E-state index contributed by atoms with van der Waals surface area (Å²) < 4.78 is 10.5. The van der Waals surface area contributed by atoms with Gasteiger partial charge in [0.05, 0.1) is 0 Å². The van der Waals surface area contributed by atoms with Crippen LogP contribution in [0.2, 0.25) is 0 Å². The largest absolute Gasteiger partial charge is 0.456 e. The Balaban J connectivity index is 1.67. The van der Waals surface area contributed by atoms with Crippen molar-refractivity contribution >= 4 is 23.6 Å². The van der Waals surface area contributed by atoms with Gasteiger partial charge in [-0.1, -0.05) is 18.2 Å². The first-order chi connectivity index (χ1) is 11.6. The highest BCUT2D eigenvalue weighted by atomic mass is 16.6. The van der Waals surface area contributed by atoms with Crippen molar-refractivity contribution in [3.63, 3.8) is 0 Å². The van der Waals surface area contributed by atoms with Gasteiger partial charge in [0, 0.05) is 12.3 Å². The molecule has 0 radical (unpaired) electrons. The Morgan fingerprint density at radius 2 is 2.21 bits per heavy atom. The van der Waals surface area contributed by atoms with E-state index in [1.54, 1.807) is 0 Å². The molecule has 1 aromatic carbocycles. The molecule has 0 saturated carbocycles. The lowest BCUT2D eigenvalue weighted by molar-refractivity contribution is -0.155. The smallest absolute Gasteiger partial charge is 0.335 e. The molecule has 0 bridgehead atoms. The van der Waals surface area contributed by atoms with E-state index in [1.807, 2.05) is 31.2 Å². The van der Waals surface area contributed by atoms with Gasteiger partial charge in [0.1, 0.15) is 0 Å². The monoisotopic (exact) mass is 329 g/mol. The van der Waals surface area contributed by atoms with Crippen LogP contribution in [0.25, 0.3) is 0 Å². The first-order valence-electron chi connectivity index (χ1n) is 7.73. The second kappa shape index (κ2) is 7.22. The van der Waals surface area contributed by atoms with Gasteiger partial charge in [0.2, 0.25) is 11.9 Å². The Kier molecular flexibility index (Phi) is 4.85. The maximum Gasteiger partial charge on any atom is 0.335 e. The highest BCUT2D eigenvalue weighted by Gasteiger charge is 2.25. The molecule has 1 aliphatic heterocycles. The second-order valence-corrected chi connectivity index (χ2v) is 5.48. The van der Waals surface area contributed by atoms with Gasteiger partial charge in [0.25, 0.3) is 0 Å². The minimum absolute atomic E-state index is 0.0595. The number of nitrogen functional groups attached to an aromatic ring is 1. The zero-order valence-corrected chi connectivity index (χ0v) is 13.4. The van der Waals surface area contributed by atoms with Crippen LogP contribution in [-0.4, -0.2) is 33.6 Å². The summed E-state index contributed by atoms with van der Waals surface area (Å²) in [4.78, 5) is 24.1. The van der Waals surface area contributed by atoms with Crippen LogP contribution >= 0.6 is 0 Å². The molecular weight excluding hydrogens is 310 g/mol. The van der Waals surface area contributed by atoms with E-state index in [4.69, 9.17) is 15.2 Å². The zero-order valence-electron chi connectivity index (χ0n) is 13.4. The van der Waals surface area contributed by atoms with E-state index in [0.29, 0.717) is 19.0 Å². The Labute approximate surface area is 139 Å². The van der Waals surface area contributed by atoms with Gasteiger partial charge in [-0.2, -0.15) is 15.0 Å². The number of carbonyl (C=O) groups excluding carboxylic acids is 1. The average Bonchev–Trinajstić information content (AvgIpc) is 3.09. The van der Waals surface area contributed by atoms with E-state index in [-0.39, 0.29) is 18.4 Å². The predicted molar refractivity (Wildman–Crippen MR) is 87.5 cm³/mol. The van der Waals surface area contributed by atoms with Crippen molar-refractivity contribution in [3.05, 3.63) is 35.7 Å². The quantitative estimate of drug-likeness (QED) is 0.798. The van der Waals surface area contributed by atoms with Crippen molar-refractivity contribution in [2.45, 2.75) is 32.5 Å². The number of hydrogen-bond donors (Lipinski definition) is 2. The van der Waals surface area contributed by atoms with Gasteiger partial charge >= 0.3 is 5.97 Å². The molecule has 1 saturated heterocycles. The van der Waals surface area contributed by atoms with Crippen molar-refractivity contribution < 1.29 is 14.3 Å². The molecule has 2 heterocycles. The molecule has 8 heteroatoms. The minimum Gasteiger partial charge on any atom is -0.456 e. The van der Waals surface area contributed by atoms with Crippen LogP contribution in [0.1, 0.15) is 24.2 Å². The molecule has 8 nitrogen and oxygen atoms in total. The summed E-state index contributed by atoms with van der Waals surface area (Å²) in [6.45, 7) is 2.48. The van der Waals surface area contributed by atoms with Crippen LogP contribution in [0.5, 0.6) is 0 Å². The molecule has 1 atom stereocenters. The van der Waals surface area contributed by atoms with Crippen LogP contribution in [-0.2, 0) is 20.9 Å². The van der Waals surface area contributed by atoms with Crippen molar-refractivity contribution in [1.82, 2.24) is 15.0 Å². The van der Waals surface area contributed by atoms with E-state index in [9.17, 15) is 4.79 Å². The fourth-order valence-corrected chi connectivity index (χ4v) is 2.38. The maximum absolute atomic E-state index is 11.9. The summed E-state index contributed by atoms with van der Waals surface area (Å²) in [5.74, 6) is 0.244. The fraction of sp³-hybridized carbons (Fsp3) is 0.375. The summed E-state index contributed by atoms with van der Waals surface area (Å²) in [6.07, 6.45) is 1.05. The second-order valence-electron chi connectivity index (χ2n) is 5.48. The lowest BCUT2D eigenvalue weighted by Crippen LogP contribution is -2.22. The Morgan fingerprint density at radius 1 is 1.38 bits per heavy atom. The molecule has 0 amide bonds. The molecule has 0 aliphatic carbocycles. The Morgan fingerprint density at radius 3 is 2.96 bits per heavy atom. The molecule has 1 unspecified atom stereocenters. The molecule has 24 heavy (non-hydrogen) atoms. The van der Waals surface area contributed by atoms with Crippen LogP contribution in [0.15, 0.2) is 24.3 Å². The molecule has 1 aromatic heterocycles. The van der Waals surface area contributed by atoms with Crippen LogP contribution in [0.4, 0.5) is 17.6 Å². The average molecular weight is 329 g/mol. The standard InChI is InChI=1S/C16H19N5O3/c1-10-5-2-3-6-11(10)18-16-20-13(19-15(17)21-16)9-24-14(22)12-7-4-8-23-12/h2-3,5-6,12H,4,7-9H2,1H3,(H3,17,18,19,20,21). The molecule has 1 fully saturated rings. The third kappa shape index (κ3) is 3.96. The Hall–Kier alpha value is -2.74. The van der Waals surface area contributed by atoms with Gasteiger partial charge in [0.15, 0.2) is 18.5 Å². The normalized spacial score (nSPS) is 16.8. The number of carbonyl (C=O) groups is 1. The van der Waals surface area contributed by atoms with Gasteiger partial charge in [-0.3, -0.25) is 0 Å². The number of ether oxygens (including phenoxy) is 2. The number of nitrogens with one attached hydrogen (secondary N) is 1. The first-order valence-corrected chi connectivity index (χ1v) is 7.73. The van der Waals surface area contributed by atoms with Gasteiger partial charge in [-0.05, 0) is 31.4 Å². The van der Waals surface area contributed by atoms with E-state index < -0.39 is 12.1 Å². The summed E-state index contributed by atoms with van der Waals surface area (Å²) >= 11 is 0. The number of nitrogens with zero attached hydrogens (tertiary/aromatic N) is 3. The third-order valence-corrected chi connectivity index (χ3v) is 3.63. The van der Waals surface area contributed by atoms with Crippen molar-refractivity contribution in [3.8, 4) is 0 Å². The number of rotatable bonds is 5. The predicted octanol–water partition coefficient (Wildman–Crippen LogP) is 1.73. The zero-order chi connectivity index (χ0) is 16.9. The SMILES string of the molecule is Cc1ccccc1Nc1nc(N)nc(COC(=O)C2CCCO2)n1. The molecule has 0 spiro atoms. The van der Waals surface area contributed by atoms with Crippen LogP contribution in [0.3, 0.4) is 0 Å². The summed E-state index contributed by atoms with van der Waals surface area (Å²) in [5.41, 5.74) is 7.62. The van der Waals surface area contributed by atoms with Crippen molar-refractivity contribution in [1.29, 1.82) is 0 Å². The van der Waals surface area contributed by atoms with Crippen LogP contribution in [0, 0.1) is 6.92 Å². The van der Waals surface area contributed by atoms with Gasteiger partial charge in [-0.15, -0.1) is 0 Å². The van der Waals surface area contributed by atoms with E-state index in [2.05, 4.69) is 20.3 Å². The van der Waals surface area contributed by atoms with Crippen LogP contribution < -0.4 is 11.1 Å². The first kappa shape index (κ1) is 16.1. The molecular formula is C16H19N5O3. The molecule has 126 valence electrons. The molecule has 3 rings (SSSR count). The van der Waals surface area contributed by atoms with Crippen molar-refractivity contribution in [2.24, 2.45) is 0 Å². The molecule has 1 aliphatic rings. The summed E-state index contributed by atoms with van der Waals surface area (Å²) in [5, 5.41) is 3.09. The van der Waals surface area contributed by atoms with Gasteiger partial charge in [-0.25, -0.2) is 4.79 Å². The van der Waals surface area contributed by atoms with E-state index in [1.165, 1.54) is 0 Å². The number of nitrogens with two attached hydrogens (primary N) is 1. The number of aryl methyl sites for hydroxylation is 1. The third-order valence-electron chi connectivity index (χ3n) is 3.63. The lowest BCUT2D eigenvalue weighted by atomic mass is 10.2. The number of hydrogen-bond acceptors (Lipinski definition) is 8. The Bertz CT molecular complexity index is 731. The lowest BCUT2D eigenvalue weighted by Gasteiger charge is -2.11. The number of para-hydroxylation sites is 1. The maximum atomic E-state index is 11.9. The van der Waals surface area contributed by atoms with E-state index >= 15 is 0 Å². The summed E-state index contributed by atoms with van der Waals surface area (Å²) in [6, 6.07) is 7.73. The molecule has 3 N–H and O–H groups in total. The fourth-order valence-electron chi connectivity index (χ4n) is 2.38.